The first-order valence-corrected chi connectivity index (χ1v) is 9.29. The Morgan fingerprint density at radius 1 is 0.867 bits per heavy atom. The van der Waals surface area contributed by atoms with Crippen molar-refractivity contribution < 1.29 is 35.8 Å². The standard InChI is InChI=1S/C21H21F6NO2/c1-29-18-9-13-5-6-28-17(16(13)11-19(18)30-2)4-3-12-7-14(20(22,23)24)10-15(8-12)21(25,26)27/h7-11,17,28H,3-6H2,1-2H3. The predicted molar refractivity (Wildman–Crippen MR) is 98.8 cm³/mol. The molecule has 1 aliphatic rings. The summed E-state index contributed by atoms with van der Waals surface area (Å²) in [7, 11) is 3.02. The lowest BCUT2D eigenvalue weighted by atomic mass is 9.89. The van der Waals surface area contributed by atoms with Gasteiger partial charge in [-0.1, -0.05) is 0 Å². The molecule has 0 aliphatic carbocycles. The van der Waals surface area contributed by atoms with Crippen molar-refractivity contribution in [2.24, 2.45) is 0 Å². The summed E-state index contributed by atoms with van der Waals surface area (Å²) in [4.78, 5) is 0. The molecule has 2 aromatic rings. The number of hydrogen-bond acceptors (Lipinski definition) is 3. The van der Waals surface area contributed by atoms with Crippen LogP contribution in [0.15, 0.2) is 30.3 Å². The molecule has 1 heterocycles. The quantitative estimate of drug-likeness (QED) is 0.627. The molecule has 1 unspecified atom stereocenters. The van der Waals surface area contributed by atoms with E-state index in [-0.39, 0.29) is 24.1 Å². The lowest BCUT2D eigenvalue weighted by Gasteiger charge is -2.28. The molecule has 3 rings (SSSR count). The molecule has 0 radical (unpaired) electrons. The number of hydrogen-bond donors (Lipinski definition) is 1. The summed E-state index contributed by atoms with van der Waals surface area (Å²) in [5, 5.41) is 3.28. The zero-order chi connectivity index (χ0) is 22.1. The van der Waals surface area contributed by atoms with Gasteiger partial charge in [0, 0.05) is 6.04 Å². The van der Waals surface area contributed by atoms with Crippen molar-refractivity contribution in [1.29, 1.82) is 0 Å². The summed E-state index contributed by atoms with van der Waals surface area (Å²) in [5.41, 5.74) is -0.684. The van der Waals surface area contributed by atoms with Crippen molar-refractivity contribution >= 4 is 0 Å². The lowest BCUT2D eigenvalue weighted by Crippen LogP contribution is -2.30. The Morgan fingerprint density at radius 2 is 1.43 bits per heavy atom. The predicted octanol–water partition coefficient (Wildman–Crippen LogP) is 5.56. The first-order chi connectivity index (χ1) is 14.0. The second kappa shape index (κ2) is 8.37. The number of halogens is 6. The van der Waals surface area contributed by atoms with Crippen LogP contribution in [0.2, 0.25) is 0 Å². The minimum absolute atomic E-state index is 0.00782. The average Bonchev–Trinajstić information content (AvgIpc) is 2.69. The van der Waals surface area contributed by atoms with Crippen LogP contribution in [-0.4, -0.2) is 20.8 Å². The van der Waals surface area contributed by atoms with Gasteiger partial charge in [-0.25, -0.2) is 0 Å². The summed E-state index contributed by atoms with van der Waals surface area (Å²) in [5.74, 6) is 1.09. The second-order valence-corrected chi connectivity index (χ2v) is 7.12. The Kier molecular flexibility index (Phi) is 6.21. The first-order valence-electron chi connectivity index (χ1n) is 9.29. The van der Waals surface area contributed by atoms with Crippen molar-refractivity contribution in [2.75, 3.05) is 20.8 Å². The molecule has 0 saturated carbocycles. The van der Waals surface area contributed by atoms with Crippen LogP contribution in [0, 0.1) is 0 Å². The van der Waals surface area contributed by atoms with Crippen LogP contribution >= 0.6 is 0 Å². The molecule has 3 nitrogen and oxygen atoms in total. The third kappa shape index (κ3) is 4.83. The molecule has 2 aromatic carbocycles. The monoisotopic (exact) mass is 433 g/mol. The summed E-state index contributed by atoms with van der Waals surface area (Å²) in [6.07, 6.45) is -8.58. The maximum Gasteiger partial charge on any atom is 0.416 e. The van der Waals surface area contributed by atoms with Gasteiger partial charge in [0.05, 0.1) is 25.3 Å². The Bertz CT molecular complexity index is 875. The fourth-order valence-corrected chi connectivity index (χ4v) is 3.70. The summed E-state index contributed by atoms with van der Waals surface area (Å²) in [6.45, 7) is 0.642. The number of nitrogens with one attached hydrogen (secondary N) is 1. The highest BCUT2D eigenvalue weighted by Crippen LogP contribution is 2.39. The molecule has 0 amide bonds. The van der Waals surface area contributed by atoms with E-state index in [1.165, 1.54) is 14.2 Å². The molecule has 0 bridgehead atoms. The Morgan fingerprint density at radius 3 is 1.97 bits per heavy atom. The number of fused-ring (bicyclic) bond motifs is 1. The van der Waals surface area contributed by atoms with E-state index >= 15 is 0 Å². The van der Waals surface area contributed by atoms with Gasteiger partial charge in [0.1, 0.15) is 0 Å². The van der Waals surface area contributed by atoms with Crippen LogP contribution < -0.4 is 14.8 Å². The van der Waals surface area contributed by atoms with Crippen molar-refractivity contribution in [3.8, 4) is 11.5 Å². The van der Waals surface area contributed by atoms with Crippen LogP contribution in [0.3, 0.4) is 0 Å². The van der Waals surface area contributed by atoms with Crippen LogP contribution in [-0.2, 0) is 25.2 Å². The van der Waals surface area contributed by atoms with Crippen molar-refractivity contribution in [2.45, 2.75) is 37.7 Å². The van der Waals surface area contributed by atoms with E-state index in [1.807, 2.05) is 6.07 Å². The Hall–Kier alpha value is -2.42. The third-order valence-corrected chi connectivity index (χ3v) is 5.18. The third-order valence-electron chi connectivity index (χ3n) is 5.18. The lowest BCUT2D eigenvalue weighted by molar-refractivity contribution is -0.143. The van der Waals surface area contributed by atoms with Crippen LogP contribution in [0.5, 0.6) is 11.5 Å². The molecule has 1 aliphatic heterocycles. The number of ether oxygens (including phenoxy) is 2. The van der Waals surface area contributed by atoms with E-state index < -0.39 is 23.5 Å². The Balaban J connectivity index is 1.88. The van der Waals surface area contributed by atoms with Gasteiger partial charge in [0.15, 0.2) is 11.5 Å². The van der Waals surface area contributed by atoms with Gasteiger partial charge in [-0.2, -0.15) is 26.3 Å². The minimum atomic E-state index is -4.85. The normalized spacial score (nSPS) is 16.9. The molecule has 164 valence electrons. The molecule has 0 saturated heterocycles. The molecule has 0 fully saturated rings. The maximum atomic E-state index is 13.1. The second-order valence-electron chi connectivity index (χ2n) is 7.12. The number of benzene rings is 2. The molecular weight excluding hydrogens is 412 g/mol. The zero-order valence-corrected chi connectivity index (χ0v) is 16.4. The van der Waals surface area contributed by atoms with E-state index in [0.29, 0.717) is 24.5 Å². The fraction of sp³-hybridized carbons (Fsp3) is 0.429. The van der Waals surface area contributed by atoms with Crippen LogP contribution in [0.4, 0.5) is 26.3 Å². The number of methoxy groups -OCH3 is 2. The van der Waals surface area contributed by atoms with E-state index in [9.17, 15) is 26.3 Å². The topological polar surface area (TPSA) is 30.5 Å². The van der Waals surface area contributed by atoms with Gasteiger partial charge in [-0.05, 0) is 72.8 Å². The van der Waals surface area contributed by atoms with E-state index in [2.05, 4.69) is 5.32 Å². The highest BCUT2D eigenvalue weighted by molar-refractivity contribution is 5.49. The van der Waals surface area contributed by atoms with Crippen LogP contribution in [0.25, 0.3) is 0 Å². The average molecular weight is 433 g/mol. The molecule has 1 atom stereocenters. The number of aryl methyl sites for hydroxylation is 1. The van der Waals surface area contributed by atoms with Crippen LogP contribution in [0.1, 0.15) is 40.3 Å². The van der Waals surface area contributed by atoms with Crippen molar-refractivity contribution in [3.05, 3.63) is 58.1 Å². The Labute approximate surface area is 170 Å². The number of rotatable bonds is 5. The molecule has 9 heteroatoms. The molecule has 30 heavy (non-hydrogen) atoms. The highest BCUT2D eigenvalue weighted by atomic mass is 19.4. The molecule has 0 aromatic heterocycles. The summed E-state index contributed by atoms with van der Waals surface area (Å²) >= 11 is 0. The maximum absolute atomic E-state index is 13.1. The smallest absolute Gasteiger partial charge is 0.416 e. The highest BCUT2D eigenvalue weighted by Gasteiger charge is 2.37. The van der Waals surface area contributed by atoms with E-state index in [1.54, 1.807) is 6.07 Å². The van der Waals surface area contributed by atoms with Gasteiger partial charge in [-0.3, -0.25) is 0 Å². The molecule has 0 spiro atoms. The van der Waals surface area contributed by atoms with E-state index in [0.717, 1.165) is 29.7 Å². The van der Waals surface area contributed by atoms with Gasteiger partial charge in [0.25, 0.3) is 0 Å². The fourth-order valence-electron chi connectivity index (χ4n) is 3.70. The number of alkyl halides is 6. The first kappa shape index (κ1) is 22.3. The molecule has 1 N–H and O–H groups in total. The summed E-state index contributed by atoms with van der Waals surface area (Å²) in [6, 6.07) is 5.15. The SMILES string of the molecule is COc1cc2c(cc1OC)C(CCc1cc(C(F)(F)F)cc(C(F)(F)F)c1)NCC2. The van der Waals surface area contributed by atoms with Crippen molar-refractivity contribution in [3.63, 3.8) is 0 Å². The minimum Gasteiger partial charge on any atom is -0.493 e. The molecular formula is C21H21F6NO2. The van der Waals surface area contributed by atoms with Gasteiger partial charge in [-0.15, -0.1) is 0 Å². The van der Waals surface area contributed by atoms with Crippen molar-refractivity contribution in [1.82, 2.24) is 5.32 Å². The largest absolute Gasteiger partial charge is 0.493 e. The van der Waals surface area contributed by atoms with Gasteiger partial charge >= 0.3 is 12.4 Å². The van der Waals surface area contributed by atoms with E-state index in [4.69, 9.17) is 9.47 Å². The van der Waals surface area contributed by atoms with Gasteiger partial charge in [0.2, 0.25) is 0 Å². The van der Waals surface area contributed by atoms with Gasteiger partial charge < -0.3 is 14.8 Å². The zero-order valence-electron chi connectivity index (χ0n) is 16.4. The summed E-state index contributed by atoms with van der Waals surface area (Å²) < 4.78 is 89.1.